The molecule has 7 nitrogen and oxygen atoms in total. The Hall–Kier alpha value is -1.96. The highest BCUT2D eigenvalue weighted by molar-refractivity contribution is 6.27. The van der Waals surface area contributed by atoms with E-state index in [2.05, 4.69) is 31.2 Å². The number of aliphatic carboxylic acids is 2. The molecule has 1 rings (SSSR count). The van der Waals surface area contributed by atoms with Gasteiger partial charge in [-0.1, -0.05) is 63.3 Å². The fourth-order valence-corrected chi connectivity index (χ4v) is 2.58. The Morgan fingerprint density at radius 1 is 0.821 bits per heavy atom. The van der Waals surface area contributed by atoms with Gasteiger partial charge in [-0.25, -0.2) is 9.59 Å². The Morgan fingerprint density at radius 3 is 1.68 bits per heavy atom. The molecule has 6 N–H and O–H groups in total. The van der Waals surface area contributed by atoms with Gasteiger partial charge in [0.05, 0.1) is 18.8 Å². The molecule has 0 amide bonds. The van der Waals surface area contributed by atoms with E-state index >= 15 is 0 Å². The van der Waals surface area contributed by atoms with Crippen LogP contribution in [0.1, 0.15) is 63.0 Å². The van der Waals surface area contributed by atoms with Gasteiger partial charge in [-0.05, 0) is 36.8 Å². The second-order valence-corrected chi connectivity index (χ2v) is 7.12. The smallest absolute Gasteiger partial charge is 0.414 e. The predicted molar refractivity (Wildman–Crippen MR) is 108 cm³/mol. The van der Waals surface area contributed by atoms with Crippen LogP contribution in [0.15, 0.2) is 24.3 Å². The number of aryl methyl sites for hydroxylation is 2. The van der Waals surface area contributed by atoms with E-state index in [-0.39, 0.29) is 13.2 Å². The molecule has 1 aromatic rings. The van der Waals surface area contributed by atoms with Crippen LogP contribution in [0.2, 0.25) is 0 Å². The molecule has 28 heavy (non-hydrogen) atoms. The van der Waals surface area contributed by atoms with Crippen LogP contribution in [0.4, 0.5) is 0 Å². The maximum Gasteiger partial charge on any atom is 0.414 e. The van der Waals surface area contributed by atoms with E-state index in [1.807, 2.05) is 0 Å². The lowest BCUT2D eigenvalue weighted by Gasteiger charge is -2.24. The summed E-state index contributed by atoms with van der Waals surface area (Å²) in [6.45, 7) is 1.89. The summed E-state index contributed by atoms with van der Waals surface area (Å²) in [7, 11) is 0. The molecule has 0 atom stereocenters. The summed E-state index contributed by atoms with van der Waals surface area (Å²) in [5.74, 6) is -3.65. The van der Waals surface area contributed by atoms with E-state index in [0.717, 1.165) is 12.8 Å². The zero-order chi connectivity index (χ0) is 21.4. The number of aliphatic hydroxyl groups is 2. The minimum Gasteiger partial charge on any atom is -0.473 e. The lowest BCUT2D eigenvalue weighted by atomic mass is 9.93. The topological polar surface area (TPSA) is 141 Å². The van der Waals surface area contributed by atoms with Gasteiger partial charge in [0, 0.05) is 0 Å². The summed E-state index contributed by atoms with van der Waals surface area (Å²) >= 11 is 0. The number of benzene rings is 1. The summed E-state index contributed by atoms with van der Waals surface area (Å²) in [4.78, 5) is 18.2. The molecular weight excluding hydrogens is 362 g/mol. The van der Waals surface area contributed by atoms with Crippen molar-refractivity contribution in [3.63, 3.8) is 0 Å². The standard InChI is InChI=1S/C19H33NO2.C2H2O4/c1-2-3-4-5-6-7-8-17-9-11-18(12-10-17)13-14-19(20,15-21)16-22;3-1(4)2(5)6/h9-12,21-22H,2-8,13-16,20H2,1H3;(H,3,4)(H,5,6). The molecule has 0 fully saturated rings. The minimum atomic E-state index is -1.82. The number of carboxylic acid groups (broad SMARTS) is 2. The largest absolute Gasteiger partial charge is 0.473 e. The third-order valence-corrected chi connectivity index (χ3v) is 4.57. The van der Waals surface area contributed by atoms with E-state index in [4.69, 9.17) is 25.5 Å². The quantitative estimate of drug-likeness (QED) is 0.269. The number of carboxylic acids is 2. The first-order valence-corrected chi connectivity index (χ1v) is 9.82. The van der Waals surface area contributed by atoms with Gasteiger partial charge in [0.25, 0.3) is 0 Å². The molecule has 7 heteroatoms. The number of hydrogen-bond donors (Lipinski definition) is 5. The van der Waals surface area contributed by atoms with Crippen molar-refractivity contribution in [1.29, 1.82) is 0 Å². The molecular formula is C21H35NO6. The highest BCUT2D eigenvalue weighted by atomic mass is 16.4. The fraction of sp³-hybridized carbons (Fsp3) is 0.619. The van der Waals surface area contributed by atoms with Gasteiger partial charge in [-0.15, -0.1) is 0 Å². The molecule has 0 saturated heterocycles. The first kappa shape index (κ1) is 26.0. The van der Waals surface area contributed by atoms with E-state index in [1.165, 1.54) is 49.7 Å². The third kappa shape index (κ3) is 12.4. The highest BCUT2D eigenvalue weighted by Crippen LogP contribution is 2.14. The van der Waals surface area contributed by atoms with E-state index in [9.17, 15) is 10.2 Å². The van der Waals surface area contributed by atoms with Crippen LogP contribution in [-0.4, -0.2) is 51.1 Å². The SMILES string of the molecule is CCCCCCCCc1ccc(CCC(N)(CO)CO)cc1.O=C(O)C(=O)O. The van der Waals surface area contributed by atoms with Crippen LogP contribution in [0.25, 0.3) is 0 Å². The molecule has 0 bridgehead atoms. The Labute approximate surface area is 167 Å². The lowest BCUT2D eigenvalue weighted by molar-refractivity contribution is -0.159. The summed E-state index contributed by atoms with van der Waals surface area (Å²) in [6.07, 6.45) is 10.5. The average Bonchev–Trinajstić information content (AvgIpc) is 2.70. The number of unbranched alkanes of at least 4 members (excludes halogenated alkanes) is 5. The Kier molecular flexibility index (Phi) is 14.0. The summed E-state index contributed by atoms with van der Waals surface area (Å²) < 4.78 is 0. The molecule has 0 unspecified atom stereocenters. The molecule has 0 aliphatic rings. The molecule has 0 aromatic heterocycles. The second kappa shape index (κ2) is 15.0. The Balaban J connectivity index is 0.00000105. The van der Waals surface area contributed by atoms with Gasteiger partial charge in [0.2, 0.25) is 0 Å². The first-order chi connectivity index (χ1) is 13.3. The van der Waals surface area contributed by atoms with Crippen LogP contribution in [-0.2, 0) is 22.4 Å². The van der Waals surface area contributed by atoms with Crippen molar-refractivity contribution in [2.24, 2.45) is 5.73 Å². The number of rotatable bonds is 12. The van der Waals surface area contributed by atoms with Crippen LogP contribution in [0, 0.1) is 0 Å². The minimum absolute atomic E-state index is 0.181. The van der Waals surface area contributed by atoms with E-state index < -0.39 is 17.5 Å². The maximum atomic E-state index is 9.20. The molecule has 160 valence electrons. The van der Waals surface area contributed by atoms with Crippen LogP contribution in [0.3, 0.4) is 0 Å². The van der Waals surface area contributed by atoms with Crippen molar-refractivity contribution >= 4 is 11.9 Å². The molecule has 0 aliphatic heterocycles. The van der Waals surface area contributed by atoms with Crippen LogP contribution >= 0.6 is 0 Å². The first-order valence-electron chi connectivity index (χ1n) is 9.82. The van der Waals surface area contributed by atoms with Gasteiger partial charge >= 0.3 is 11.9 Å². The predicted octanol–water partition coefficient (Wildman–Crippen LogP) is 2.36. The van der Waals surface area contributed by atoms with Gasteiger partial charge in [0.1, 0.15) is 0 Å². The lowest BCUT2D eigenvalue weighted by Crippen LogP contribution is -2.47. The van der Waals surface area contributed by atoms with Gasteiger partial charge in [0.15, 0.2) is 0 Å². The fourth-order valence-electron chi connectivity index (χ4n) is 2.58. The summed E-state index contributed by atoms with van der Waals surface area (Å²) in [5.41, 5.74) is 7.63. The van der Waals surface area contributed by atoms with Crippen molar-refractivity contribution in [1.82, 2.24) is 0 Å². The molecule has 0 spiro atoms. The van der Waals surface area contributed by atoms with Crippen LogP contribution in [0.5, 0.6) is 0 Å². The summed E-state index contributed by atoms with van der Waals surface area (Å²) in [5, 5.41) is 33.2. The molecule has 0 heterocycles. The van der Waals surface area contributed by atoms with Gasteiger partial charge in [-0.2, -0.15) is 0 Å². The maximum absolute atomic E-state index is 9.20. The van der Waals surface area contributed by atoms with Crippen molar-refractivity contribution in [2.75, 3.05) is 13.2 Å². The third-order valence-electron chi connectivity index (χ3n) is 4.57. The zero-order valence-electron chi connectivity index (χ0n) is 16.8. The molecule has 0 radical (unpaired) electrons. The van der Waals surface area contributed by atoms with E-state index in [0.29, 0.717) is 6.42 Å². The average molecular weight is 398 g/mol. The Morgan fingerprint density at radius 2 is 1.25 bits per heavy atom. The van der Waals surface area contributed by atoms with Crippen LogP contribution < -0.4 is 5.73 Å². The van der Waals surface area contributed by atoms with Crippen molar-refractivity contribution in [3.05, 3.63) is 35.4 Å². The number of carbonyl (C=O) groups is 2. The van der Waals surface area contributed by atoms with Gasteiger partial charge < -0.3 is 26.2 Å². The monoisotopic (exact) mass is 397 g/mol. The van der Waals surface area contributed by atoms with Crippen molar-refractivity contribution < 1.29 is 30.0 Å². The molecule has 1 aromatic carbocycles. The molecule has 0 saturated carbocycles. The molecule has 0 aliphatic carbocycles. The van der Waals surface area contributed by atoms with E-state index in [1.54, 1.807) is 0 Å². The second-order valence-electron chi connectivity index (χ2n) is 7.12. The zero-order valence-corrected chi connectivity index (χ0v) is 16.8. The number of aliphatic hydroxyl groups excluding tert-OH is 2. The highest BCUT2D eigenvalue weighted by Gasteiger charge is 2.22. The number of hydrogen-bond acceptors (Lipinski definition) is 5. The number of nitrogens with two attached hydrogens (primary N) is 1. The Bertz CT molecular complexity index is 543. The summed E-state index contributed by atoms with van der Waals surface area (Å²) in [6, 6.07) is 8.66. The van der Waals surface area contributed by atoms with Crippen molar-refractivity contribution in [3.8, 4) is 0 Å². The van der Waals surface area contributed by atoms with Crippen molar-refractivity contribution in [2.45, 2.75) is 70.3 Å². The normalized spacial score (nSPS) is 10.9. The van der Waals surface area contributed by atoms with Gasteiger partial charge in [-0.3, -0.25) is 0 Å².